The van der Waals surface area contributed by atoms with E-state index in [4.69, 9.17) is 5.11 Å². The van der Waals surface area contributed by atoms with E-state index >= 15 is 0 Å². The number of rotatable bonds is 20. The number of hydrogen-bond donors (Lipinski definition) is 1. The highest BCUT2D eigenvalue weighted by molar-refractivity contribution is 5.66. The molecule has 0 aromatic heterocycles. The lowest BCUT2D eigenvalue weighted by Crippen LogP contribution is -1.92. The van der Waals surface area contributed by atoms with E-state index in [0.29, 0.717) is 6.42 Å². The van der Waals surface area contributed by atoms with Crippen molar-refractivity contribution in [2.45, 2.75) is 122 Å². The van der Waals surface area contributed by atoms with Gasteiger partial charge in [0.05, 0.1) is 0 Å². The van der Waals surface area contributed by atoms with E-state index in [1.165, 1.54) is 83.5 Å². The lowest BCUT2D eigenvalue weighted by molar-refractivity contribution is -0.137. The van der Waals surface area contributed by atoms with Crippen LogP contribution in [0.25, 0.3) is 0 Å². The van der Waals surface area contributed by atoms with Crippen molar-refractivity contribution in [2.75, 3.05) is 0 Å². The van der Waals surface area contributed by atoms with Crippen LogP contribution in [-0.2, 0) is 4.79 Å². The van der Waals surface area contributed by atoms with Gasteiger partial charge in [-0.1, -0.05) is 102 Å². The maximum atomic E-state index is 10.4. The molecule has 0 aromatic rings. The molecule has 0 fully saturated rings. The van der Waals surface area contributed by atoms with Crippen LogP contribution in [0.1, 0.15) is 122 Å². The Bertz CT molecular complexity index is 344. The summed E-state index contributed by atoms with van der Waals surface area (Å²) in [6, 6.07) is 0. The highest BCUT2D eigenvalue weighted by Crippen LogP contribution is 2.12. The topological polar surface area (TPSA) is 37.3 Å². The normalized spacial score (nSPS) is 11.7. The average Bonchev–Trinajstić information content (AvgIpc) is 2.62. The molecule has 0 amide bonds. The molecule has 26 heavy (non-hydrogen) atoms. The van der Waals surface area contributed by atoms with Gasteiger partial charge in [0.25, 0.3) is 0 Å². The molecule has 0 spiro atoms. The van der Waals surface area contributed by atoms with E-state index in [2.05, 4.69) is 31.2 Å². The van der Waals surface area contributed by atoms with Gasteiger partial charge in [-0.15, -0.1) is 0 Å². The number of unbranched alkanes of at least 4 members (excludes halogenated alkanes) is 14. The van der Waals surface area contributed by atoms with E-state index < -0.39 is 5.97 Å². The zero-order valence-corrected chi connectivity index (χ0v) is 17.4. The van der Waals surface area contributed by atoms with Crippen LogP contribution < -0.4 is 0 Å². The summed E-state index contributed by atoms with van der Waals surface area (Å²) in [7, 11) is 0. The summed E-state index contributed by atoms with van der Waals surface area (Å²) < 4.78 is 0. The molecule has 0 bridgehead atoms. The average molecular weight is 365 g/mol. The van der Waals surface area contributed by atoms with Crippen LogP contribution in [0.2, 0.25) is 0 Å². The van der Waals surface area contributed by atoms with Gasteiger partial charge in [0.1, 0.15) is 0 Å². The second-order valence-corrected chi connectivity index (χ2v) is 7.50. The monoisotopic (exact) mass is 364 g/mol. The second kappa shape index (κ2) is 22.0. The van der Waals surface area contributed by atoms with Crippen LogP contribution >= 0.6 is 0 Å². The molecule has 0 aliphatic rings. The third kappa shape index (κ3) is 22.9. The summed E-state index contributed by atoms with van der Waals surface area (Å²) >= 11 is 0. The fourth-order valence-corrected chi connectivity index (χ4v) is 3.15. The summed E-state index contributed by atoms with van der Waals surface area (Å²) in [5, 5.41) is 8.55. The minimum atomic E-state index is -0.685. The maximum absolute atomic E-state index is 10.4. The van der Waals surface area contributed by atoms with Crippen molar-refractivity contribution >= 4 is 5.97 Å². The van der Waals surface area contributed by atoms with Crippen molar-refractivity contribution in [3.05, 3.63) is 24.3 Å². The van der Waals surface area contributed by atoms with Crippen molar-refractivity contribution in [2.24, 2.45) is 0 Å². The zero-order chi connectivity index (χ0) is 19.1. The van der Waals surface area contributed by atoms with Crippen molar-refractivity contribution in [3.8, 4) is 0 Å². The maximum Gasteiger partial charge on any atom is 0.303 e. The van der Waals surface area contributed by atoms with E-state index in [1.54, 1.807) is 0 Å². The van der Waals surface area contributed by atoms with Gasteiger partial charge < -0.3 is 5.11 Å². The first-order valence-electron chi connectivity index (χ1n) is 11.3. The molecular formula is C24H44O2. The molecule has 0 aliphatic heterocycles. The third-order valence-electron chi connectivity index (χ3n) is 4.84. The van der Waals surface area contributed by atoms with E-state index in [0.717, 1.165) is 25.7 Å². The molecule has 0 rings (SSSR count). The molecule has 0 unspecified atom stereocenters. The Hall–Kier alpha value is -1.05. The minimum absolute atomic E-state index is 0.298. The SMILES string of the molecule is CCCCCCCCCCCCCCC=CCC=CCCCCC(=O)O. The van der Waals surface area contributed by atoms with Crippen LogP contribution in [0.5, 0.6) is 0 Å². The molecule has 0 saturated carbocycles. The van der Waals surface area contributed by atoms with Crippen molar-refractivity contribution in [1.29, 1.82) is 0 Å². The summed E-state index contributed by atoms with van der Waals surface area (Å²) in [6.07, 6.45) is 31.2. The number of allylic oxidation sites excluding steroid dienone is 4. The number of carbonyl (C=O) groups is 1. The zero-order valence-electron chi connectivity index (χ0n) is 17.4. The molecule has 0 aromatic carbocycles. The van der Waals surface area contributed by atoms with E-state index in [1.807, 2.05) is 0 Å². The van der Waals surface area contributed by atoms with Crippen LogP contribution in [-0.4, -0.2) is 11.1 Å². The van der Waals surface area contributed by atoms with Gasteiger partial charge in [0.15, 0.2) is 0 Å². The van der Waals surface area contributed by atoms with Gasteiger partial charge in [0.2, 0.25) is 0 Å². The Morgan fingerprint density at radius 1 is 0.615 bits per heavy atom. The Kier molecular flexibility index (Phi) is 21.1. The fraction of sp³-hybridized carbons (Fsp3) is 0.792. The molecule has 1 N–H and O–H groups in total. The summed E-state index contributed by atoms with van der Waals surface area (Å²) in [5.74, 6) is -0.685. The molecule has 152 valence electrons. The largest absolute Gasteiger partial charge is 0.481 e. The van der Waals surface area contributed by atoms with Crippen molar-refractivity contribution in [3.63, 3.8) is 0 Å². The number of hydrogen-bond acceptors (Lipinski definition) is 1. The van der Waals surface area contributed by atoms with Crippen LogP contribution in [0, 0.1) is 0 Å². The smallest absolute Gasteiger partial charge is 0.303 e. The number of carboxylic acid groups (broad SMARTS) is 1. The van der Waals surface area contributed by atoms with Crippen LogP contribution in [0.3, 0.4) is 0 Å². The fourth-order valence-electron chi connectivity index (χ4n) is 3.15. The molecule has 0 heterocycles. The lowest BCUT2D eigenvalue weighted by atomic mass is 10.0. The minimum Gasteiger partial charge on any atom is -0.481 e. The highest BCUT2D eigenvalue weighted by Gasteiger charge is 1.94. The van der Waals surface area contributed by atoms with Crippen molar-refractivity contribution < 1.29 is 9.90 Å². The second-order valence-electron chi connectivity index (χ2n) is 7.50. The van der Waals surface area contributed by atoms with Gasteiger partial charge in [0, 0.05) is 6.42 Å². The number of aliphatic carboxylic acids is 1. The summed E-state index contributed by atoms with van der Waals surface area (Å²) in [4.78, 5) is 10.4. The van der Waals surface area contributed by atoms with Crippen molar-refractivity contribution in [1.82, 2.24) is 0 Å². The van der Waals surface area contributed by atoms with E-state index in [-0.39, 0.29) is 0 Å². The first-order valence-corrected chi connectivity index (χ1v) is 11.3. The van der Waals surface area contributed by atoms with Crippen LogP contribution in [0.4, 0.5) is 0 Å². The first-order chi connectivity index (χ1) is 12.8. The quantitative estimate of drug-likeness (QED) is 0.174. The third-order valence-corrected chi connectivity index (χ3v) is 4.84. The standard InChI is InChI=1S/C24H44O2/c1-2-3-4-5-6-7-8-9-10-11-12-13-14-15-16-17-18-19-20-21-22-23-24(25)26/h15-16,18-19H,2-14,17,20-23H2,1H3,(H,25,26). The van der Waals surface area contributed by atoms with Gasteiger partial charge in [-0.25, -0.2) is 0 Å². The van der Waals surface area contributed by atoms with Gasteiger partial charge in [-0.3, -0.25) is 4.79 Å². The van der Waals surface area contributed by atoms with E-state index in [9.17, 15) is 4.79 Å². The lowest BCUT2D eigenvalue weighted by Gasteiger charge is -2.02. The van der Waals surface area contributed by atoms with Gasteiger partial charge in [-0.2, -0.15) is 0 Å². The van der Waals surface area contributed by atoms with Crippen LogP contribution in [0.15, 0.2) is 24.3 Å². The Morgan fingerprint density at radius 2 is 1.04 bits per heavy atom. The molecule has 0 atom stereocenters. The summed E-state index contributed by atoms with van der Waals surface area (Å²) in [6.45, 7) is 2.28. The molecule has 2 nitrogen and oxygen atoms in total. The molecule has 0 aliphatic carbocycles. The molecule has 0 saturated heterocycles. The number of carboxylic acids is 1. The van der Waals surface area contributed by atoms with Gasteiger partial charge in [-0.05, 0) is 38.5 Å². The summed E-state index contributed by atoms with van der Waals surface area (Å²) in [5.41, 5.74) is 0. The first kappa shape index (κ1) is 24.9. The molecular weight excluding hydrogens is 320 g/mol. The predicted molar refractivity (Wildman–Crippen MR) is 115 cm³/mol. The Morgan fingerprint density at radius 3 is 1.50 bits per heavy atom. The predicted octanol–water partition coefficient (Wildman–Crippen LogP) is 8.23. The Labute approximate surface area is 163 Å². The Balaban J connectivity index is 3.15. The molecule has 2 heteroatoms. The molecule has 0 radical (unpaired) electrons. The highest BCUT2D eigenvalue weighted by atomic mass is 16.4. The van der Waals surface area contributed by atoms with Gasteiger partial charge >= 0.3 is 5.97 Å².